The summed E-state index contributed by atoms with van der Waals surface area (Å²) in [4.78, 5) is 11.5. The van der Waals surface area contributed by atoms with E-state index < -0.39 is 0 Å². The van der Waals surface area contributed by atoms with Crippen molar-refractivity contribution in [3.05, 3.63) is 12.2 Å². The number of hydrogen-bond donors (Lipinski definition) is 2. The highest BCUT2D eigenvalue weighted by atomic mass is 16.1. The predicted octanol–water partition coefficient (Wildman–Crippen LogP) is -0.153. The molecule has 0 fully saturated rings. The highest BCUT2D eigenvalue weighted by Crippen LogP contribution is 2.02. The van der Waals surface area contributed by atoms with Crippen molar-refractivity contribution in [2.75, 3.05) is 6.54 Å². The van der Waals surface area contributed by atoms with Gasteiger partial charge in [0.05, 0.1) is 0 Å². The number of nitrogens with zero attached hydrogens (tertiary/aromatic N) is 3. The number of carbonyl (C=O) groups excluding carboxylic acids is 1. The molecule has 1 amide bonds. The van der Waals surface area contributed by atoms with Crippen LogP contribution in [0.25, 0.3) is 0 Å². The van der Waals surface area contributed by atoms with E-state index in [0.29, 0.717) is 25.3 Å². The highest BCUT2D eigenvalue weighted by Gasteiger charge is 2.12. The summed E-state index contributed by atoms with van der Waals surface area (Å²) < 4.78 is 1.84. The van der Waals surface area contributed by atoms with Crippen LogP contribution in [0, 0.1) is 5.92 Å². The summed E-state index contributed by atoms with van der Waals surface area (Å²) in [5.74, 6) is 1.17. The maximum atomic E-state index is 11.5. The summed E-state index contributed by atoms with van der Waals surface area (Å²) in [5.41, 5.74) is 5.82. The zero-order valence-electron chi connectivity index (χ0n) is 10.7. The Labute approximate surface area is 102 Å². The second-order valence-electron chi connectivity index (χ2n) is 4.57. The number of amides is 1. The Kier molecular flexibility index (Phi) is 5.09. The molecule has 6 nitrogen and oxygen atoms in total. The molecular weight excluding hydrogens is 218 g/mol. The Morgan fingerprint density at radius 3 is 2.82 bits per heavy atom. The molecule has 0 saturated heterocycles. The van der Waals surface area contributed by atoms with Crippen molar-refractivity contribution in [1.29, 1.82) is 0 Å². The molecule has 6 heteroatoms. The highest BCUT2D eigenvalue weighted by molar-refractivity contribution is 5.76. The van der Waals surface area contributed by atoms with Gasteiger partial charge in [-0.1, -0.05) is 13.8 Å². The lowest BCUT2D eigenvalue weighted by Gasteiger charge is -2.14. The average Bonchev–Trinajstić information content (AvgIpc) is 2.64. The zero-order valence-corrected chi connectivity index (χ0v) is 10.7. The van der Waals surface area contributed by atoms with Gasteiger partial charge in [0, 0.05) is 32.5 Å². The minimum absolute atomic E-state index is 0.00614. The average molecular weight is 239 g/mol. The third kappa shape index (κ3) is 4.52. The van der Waals surface area contributed by atoms with Crippen LogP contribution in [0.2, 0.25) is 0 Å². The van der Waals surface area contributed by atoms with Crippen molar-refractivity contribution in [3.63, 3.8) is 0 Å². The van der Waals surface area contributed by atoms with Crippen molar-refractivity contribution in [2.24, 2.45) is 18.7 Å². The molecule has 0 bridgehead atoms. The second-order valence-corrected chi connectivity index (χ2v) is 4.57. The fraction of sp³-hybridized carbons (Fsp3) is 0.727. The Balaban J connectivity index is 2.23. The molecule has 1 aromatic rings. The topological polar surface area (TPSA) is 85.8 Å². The Hall–Kier alpha value is -1.43. The lowest BCUT2D eigenvalue weighted by Crippen LogP contribution is -2.35. The van der Waals surface area contributed by atoms with Crippen LogP contribution in [0.3, 0.4) is 0 Å². The van der Waals surface area contributed by atoms with Crippen LogP contribution in [-0.2, 0) is 18.3 Å². The van der Waals surface area contributed by atoms with Crippen LogP contribution >= 0.6 is 0 Å². The molecule has 1 heterocycles. The van der Waals surface area contributed by atoms with Crippen LogP contribution in [0.5, 0.6) is 0 Å². The molecule has 0 aliphatic rings. The van der Waals surface area contributed by atoms with Gasteiger partial charge in [-0.05, 0) is 5.92 Å². The molecule has 96 valence electrons. The molecule has 0 aliphatic carbocycles. The van der Waals surface area contributed by atoms with Crippen LogP contribution in [-0.4, -0.2) is 33.3 Å². The smallest absolute Gasteiger partial charge is 0.221 e. The standard InChI is InChI=1S/C11H21N5O/c1-8(2)9(12)6-11(17)13-5-4-10-15-14-7-16(10)3/h7-9H,4-6,12H2,1-3H3,(H,13,17). The number of carbonyl (C=O) groups is 1. The monoisotopic (exact) mass is 239 g/mol. The largest absolute Gasteiger partial charge is 0.356 e. The molecule has 1 unspecified atom stereocenters. The summed E-state index contributed by atoms with van der Waals surface area (Å²) in [6.07, 6.45) is 2.70. The van der Waals surface area contributed by atoms with Crippen LogP contribution in [0.1, 0.15) is 26.1 Å². The molecule has 1 rings (SSSR count). The van der Waals surface area contributed by atoms with Gasteiger partial charge < -0.3 is 15.6 Å². The first kappa shape index (κ1) is 13.6. The Bertz CT molecular complexity index is 360. The first-order chi connectivity index (χ1) is 8.00. The number of hydrogen-bond acceptors (Lipinski definition) is 4. The molecule has 0 radical (unpaired) electrons. The molecule has 1 atom stereocenters. The minimum Gasteiger partial charge on any atom is -0.356 e. The molecule has 0 saturated carbocycles. The molecule has 0 aromatic carbocycles. The first-order valence-electron chi connectivity index (χ1n) is 5.86. The minimum atomic E-state index is -0.0789. The van der Waals surface area contributed by atoms with Gasteiger partial charge in [0.15, 0.2) is 0 Å². The van der Waals surface area contributed by atoms with E-state index in [1.165, 1.54) is 0 Å². The van der Waals surface area contributed by atoms with Gasteiger partial charge in [-0.25, -0.2) is 0 Å². The lowest BCUT2D eigenvalue weighted by atomic mass is 10.0. The normalized spacial score (nSPS) is 12.8. The SMILES string of the molecule is CC(C)C(N)CC(=O)NCCc1nncn1C. The first-order valence-corrected chi connectivity index (χ1v) is 5.86. The summed E-state index contributed by atoms with van der Waals surface area (Å²) in [7, 11) is 1.88. The van der Waals surface area contributed by atoms with E-state index in [0.717, 1.165) is 5.82 Å². The number of aromatic nitrogens is 3. The van der Waals surface area contributed by atoms with Gasteiger partial charge in [-0.2, -0.15) is 0 Å². The molecule has 3 N–H and O–H groups in total. The van der Waals surface area contributed by atoms with Crippen molar-refractivity contribution in [1.82, 2.24) is 20.1 Å². The summed E-state index contributed by atoms with van der Waals surface area (Å²) in [5, 5.41) is 10.5. The van der Waals surface area contributed by atoms with E-state index in [9.17, 15) is 4.79 Å². The van der Waals surface area contributed by atoms with Gasteiger partial charge in [0.25, 0.3) is 0 Å². The van der Waals surface area contributed by atoms with Crippen molar-refractivity contribution < 1.29 is 4.79 Å². The van der Waals surface area contributed by atoms with Crippen LogP contribution in [0.15, 0.2) is 6.33 Å². The molecule has 1 aromatic heterocycles. The predicted molar refractivity (Wildman–Crippen MR) is 65.1 cm³/mol. The van der Waals surface area contributed by atoms with Gasteiger partial charge in [-0.3, -0.25) is 4.79 Å². The number of aryl methyl sites for hydroxylation is 1. The maximum Gasteiger partial charge on any atom is 0.221 e. The van der Waals surface area contributed by atoms with Gasteiger partial charge in [-0.15, -0.1) is 10.2 Å². The van der Waals surface area contributed by atoms with E-state index >= 15 is 0 Å². The Morgan fingerprint density at radius 2 is 2.29 bits per heavy atom. The van der Waals surface area contributed by atoms with Crippen LogP contribution in [0.4, 0.5) is 0 Å². The van der Waals surface area contributed by atoms with E-state index in [1.807, 2.05) is 25.5 Å². The third-order valence-corrected chi connectivity index (χ3v) is 2.75. The van der Waals surface area contributed by atoms with Crippen molar-refractivity contribution in [3.8, 4) is 0 Å². The third-order valence-electron chi connectivity index (χ3n) is 2.75. The number of nitrogens with two attached hydrogens (primary N) is 1. The molecule has 0 aliphatic heterocycles. The number of nitrogens with one attached hydrogen (secondary N) is 1. The second kappa shape index (κ2) is 6.34. The van der Waals surface area contributed by atoms with E-state index in [2.05, 4.69) is 15.5 Å². The lowest BCUT2D eigenvalue weighted by molar-refractivity contribution is -0.121. The van der Waals surface area contributed by atoms with Crippen molar-refractivity contribution >= 4 is 5.91 Å². The molecule has 0 spiro atoms. The fourth-order valence-corrected chi connectivity index (χ4v) is 1.37. The number of rotatable bonds is 6. The quantitative estimate of drug-likeness (QED) is 0.722. The fourth-order valence-electron chi connectivity index (χ4n) is 1.37. The Morgan fingerprint density at radius 1 is 1.59 bits per heavy atom. The van der Waals surface area contributed by atoms with Crippen molar-refractivity contribution in [2.45, 2.75) is 32.7 Å². The van der Waals surface area contributed by atoms with Crippen LogP contribution < -0.4 is 11.1 Å². The van der Waals surface area contributed by atoms with Gasteiger partial charge in [0.1, 0.15) is 12.2 Å². The zero-order chi connectivity index (χ0) is 12.8. The van der Waals surface area contributed by atoms with Gasteiger partial charge in [0.2, 0.25) is 5.91 Å². The summed E-state index contributed by atoms with van der Waals surface area (Å²) >= 11 is 0. The van der Waals surface area contributed by atoms with E-state index in [-0.39, 0.29) is 11.9 Å². The van der Waals surface area contributed by atoms with E-state index in [1.54, 1.807) is 6.33 Å². The van der Waals surface area contributed by atoms with E-state index in [4.69, 9.17) is 5.73 Å². The molecule has 17 heavy (non-hydrogen) atoms. The summed E-state index contributed by atoms with van der Waals surface area (Å²) in [6, 6.07) is -0.0789. The van der Waals surface area contributed by atoms with Gasteiger partial charge >= 0.3 is 0 Å². The molecular formula is C11H21N5O. The summed E-state index contributed by atoms with van der Waals surface area (Å²) in [6.45, 7) is 4.59. The maximum absolute atomic E-state index is 11.5.